The highest BCUT2D eigenvalue weighted by Gasteiger charge is 2.37. The molecule has 1 fully saturated rings. The zero-order chi connectivity index (χ0) is 31.4. The molecule has 14 heteroatoms. The number of nitrogens with two attached hydrogens (primary N) is 1. The van der Waals surface area contributed by atoms with Gasteiger partial charge in [-0.15, -0.1) is 0 Å². The van der Waals surface area contributed by atoms with Gasteiger partial charge in [0.1, 0.15) is 24.2 Å². The molecule has 0 saturated carbocycles. The first-order chi connectivity index (χ1) is 19.8. The van der Waals surface area contributed by atoms with Crippen LogP contribution < -0.4 is 27.0 Å². The number of carboxylic acid groups (broad SMARTS) is 1. The summed E-state index contributed by atoms with van der Waals surface area (Å²) in [6.45, 7) is 4.84. The molecule has 0 aromatic heterocycles. The van der Waals surface area contributed by atoms with Crippen LogP contribution in [-0.4, -0.2) is 95.7 Å². The Hall–Kier alpha value is -4.49. The number of hydrogen-bond donors (Lipinski definition) is 6. The second kappa shape index (κ2) is 16.1. The van der Waals surface area contributed by atoms with Gasteiger partial charge < -0.3 is 37.0 Å². The minimum Gasteiger partial charge on any atom is -0.481 e. The number of carboxylic acids is 1. The summed E-state index contributed by atoms with van der Waals surface area (Å²) in [4.78, 5) is 83.1. The number of nitrogens with zero attached hydrogens (tertiary/aromatic N) is 2. The molecule has 5 amide bonds. The molecule has 42 heavy (non-hydrogen) atoms. The van der Waals surface area contributed by atoms with Crippen molar-refractivity contribution in [2.45, 2.75) is 70.6 Å². The van der Waals surface area contributed by atoms with Gasteiger partial charge in [-0.3, -0.25) is 33.8 Å². The summed E-state index contributed by atoms with van der Waals surface area (Å²) < 4.78 is 0. The summed E-state index contributed by atoms with van der Waals surface area (Å²) in [5, 5.41) is 19.4. The number of aliphatic carboxylic acids is 1. The quantitative estimate of drug-likeness (QED) is 0.119. The first kappa shape index (κ1) is 33.7. The van der Waals surface area contributed by atoms with E-state index in [0.29, 0.717) is 24.4 Å². The second-order valence-electron chi connectivity index (χ2n) is 10.6. The summed E-state index contributed by atoms with van der Waals surface area (Å²) in [7, 11) is 1.43. The fraction of sp³-hybridized carbons (Fsp3) is 0.536. The fourth-order valence-electron chi connectivity index (χ4n) is 4.63. The van der Waals surface area contributed by atoms with Gasteiger partial charge in [0, 0.05) is 20.0 Å². The molecule has 1 aliphatic heterocycles. The molecule has 0 spiro atoms. The Morgan fingerprint density at radius 2 is 1.64 bits per heavy atom. The van der Waals surface area contributed by atoms with Gasteiger partial charge >= 0.3 is 5.97 Å². The van der Waals surface area contributed by atoms with Gasteiger partial charge in [0.25, 0.3) is 0 Å². The van der Waals surface area contributed by atoms with Gasteiger partial charge in [-0.2, -0.15) is 0 Å². The van der Waals surface area contributed by atoms with Crippen molar-refractivity contribution in [1.29, 1.82) is 0 Å². The molecule has 1 saturated heterocycles. The summed E-state index contributed by atoms with van der Waals surface area (Å²) in [5.74, 6) is -4.96. The molecule has 14 nitrogen and oxygen atoms in total. The van der Waals surface area contributed by atoms with Gasteiger partial charge in [-0.1, -0.05) is 44.2 Å². The summed E-state index contributed by atoms with van der Waals surface area (Å²) in [6.07, 6.45) is -0.166. The van der Waals surface area contributed by atoms with Crippen molar-refractivity contribution in [3.8, 4) is 0 Å². The van der Waals surface area contributed by atoms with Crippen LogP contribution in [0.25, 0.3) is 0 Å². The molecule has 0 bridgehead atoms. The normalized spacial score (nSPS) is 23.3. The lowest BCUT2D eigenvalue weighted by molar-refractivity contribution is -0.144. The third-order valence-corrected chi connectivity index (χ3v) is 6.66. The smallest absolute Gasteiger partial charge is 0.305 e. The maximum absolute atomic E-state index is 13.8. The first-order valence-electron chi connectivity index (χ1n) is 13.8. The minimum atomic E-state index is -1.53. The van der Waals surface area contributed by atoms with Crippen LogP contribution in [0.5, 0.6) is 0 Å². The lowest BCUT2D eigenvalue weighted by Crippen LogP contribution is -2.59. The highest BCUT2D eigenvalue weighted by molar-refractivity contribution is 5.98. The number of carbonyl (C=O) groups is 6. The molecule has 230 valence electrons. The van der Waals surface area contributed by atoms with Crippen LogP contribution in [0.4, 0.5) is 0 Å². The highest BCUT2D eigenvalue weighted by atomic mass is 16.4. The Bertz CT molecular complexity index is 1170. The maximum Gasteiger partial charge on any atom is 0.305 e. The van der Waals surface area contributed by atoms with Crippen molar-refractivity contribution in [3.05, 3.63) is 35.9 Å². The maximum atomic E-state index is 13.8. The molecule has 7 N–H and O–H groups in total. The van der Waals surface area contributed by atoms with Crippen molar-refractivity contribution in [1.82, 2.24) is 26.2 Å². The molecule has 1 aliphatic rings. The second-order valence-corrected chi connectivity index (χ2v) is 10.6. The molecule has 4 atom stereocenters. The lowest BCUT2D eigenvalue weighted by atomic mass is 9.98. The number of amidine groups is 1. The van der Waals surface area contributed by atoms with Crippen LogP contribution in [0.2, 0.25) is 0 Å². The number of rotatable bonds is 9. The molecule has 2 rings (SSSR count). The van der Waals surface area contributed by atoms with E-state index in [2.05, 4.69) is 26.3 Å². The summed E-state index contributed by atoms with van der Waals surface area (Å²) in [6, 6.07) is 4.04. The van der Waals surface area contributed by atoms with Gasteiger partial charge in [-0.25, -0.2) is 0 Å². The van der Waals surface area contributed by atoms with Gasteiger partial charge in [0.05, 0.1) is 18.8 Å². The van der Waals surface area contributed by atoms with E-state index in [4.69, 9.17) is 5.73 Å². The van der Waals surface area contributed by atoms with E-state index >= 15 is 0 Å². The van der Waals surface area contributed by atoms with E-state index in [-0.39, 0.29) is 18.8 Å². The Labute approximate surface area is 244 Å². The predicted octanol–water partition coefficient (Wildman–Crippen LogP) is -1.07. The SMILES string of the molecule is CC(N)=NCCCC1NC(=O)C(C(C)C)N(C)C(=O)C(Cc2ccccc2)NC(=O)C(CC(=O)O)NC(=O)CNC1=O. The summed E-state index contributed by atoms with van der Waals surface area (Å²) in [5.41, 5.74) is 6.28. The average Bonchev–Trinajstić information content (AvgIpc) is 2.91. The van der Waals surface area contributed by atoms with E-state index in [1.807, 2.05) is 0 Å². The number of likely N-dealkylation sites (N-methyl/N-ethyl adjacent to an activating group) is 1. The van der Waals surface area contributed by atoms with Crippen LogP contribution in [-0.2, 0) is 35.2 Å². The largest absolute Gasteiger partial charge is 0.481 e. The zero-order valence-electron chi connectivity index (χ0n) is 24.4. The molecule has 1 aromatic carbocycles. The third-order valence-electron chi connectivity index (χ3n) is 6.66. The van der Waals surface area contributed by atoms with E-state index in [9.17, 15) is 33.9 Å². The van der Waals surface area contributed by atoms with Crippen LogP contribution >= 0.6 is 0 Å². The number of carbonyl (C=O) groups excluding carboxylic acids is 5. The van der Waals surface area contributed by atoms with Crippen LogP contribution in [0, 0.1) is 5.92 Å². The van der Waals surface area contributed by atoms with Crippen molar-refractivity contribution in [2.24, 2.45) is 16.6 Å². The topological polar surface area (TPSA) is 212 Å². The number of nitrogens with one attached hydrogen (secondary N) is 4. The van der Waals surface area contributed by atoms with Crippen molar-refractivity contribution in [2.75, 3.05) is 20.1 Å². The molecule has 0 aliphatic carbocycles. The molecule has 1 aromatic rings. The Balaban J connectivity index is 2.50. The van der Waals surface area contributed by atoms with E-state index in [1.54, 1.807) is 51.1 Å². The monoisotopic (exact) mass is 587 g/mol. The molecule has 1 heterocycles. The Morgan fingerprint density at radius 3 is 2.24 bits per heavy atom. The molecule has 4 unspecified atom stereocenters. The van der Waals surface area contributed by atoms with E-state index in [0.717, 1.165) is 0 Å². The first-order valence-corrected chi connectivity index (χ1v) is 13.8. The summed E-state index contributed by atoms with van der Waals surface area (Å²) >= 11 is 0. The average molecular weight is 588 g/mol. The zero-order valence-corrected chi connectivity index (χ0v) is 24.4. The highest BCUT2D eigenvalue weighted by Crippen LogP contribution is 2.15. The van der Waals surface area contributed by atoms with Gasteiger partial charge in [0.2, 0.25) is 29.5 Å². The molecular formula is C28H41N7O7. The van der Waals surface area contributed by atoms with E-state index < -0.39 is 72.6 Å². The predicted molar refractivity (Wildman–Crippen MR) is 154 cm³/mol. The van der Waals surface area contributed by atoms with Crippen LogP contribution in [0.1, 0.15) is 45.6 Å². The van der Waals surface area contributed by atoms with Crippen LogP contribution in [0.15, 0.2) is 35.3 Å². The standard InChI is InChI=1S/C28H41N7O7/c1-16(2)24-27(41)33-19(11-8-12-30-17(3)29)25(39)31-15-22(36)32-20(14-23(37)38)26(40)34-21(28(42)35(24)4)13-18-9-6-5-7-10-18/h5-7,9-10,16,19-21,24H,8,11-15H2,1-4H3,(H2,29,30)(H,31,39)(H,32,36)(H,33,41)(H,34,40)(H,37,38). The van der Waals surface area contributed by atoms with Gasteiger partial charge in [0.15, 0.2) is 0 Å². The fourth-order valence-corrected chi connectivity index (χ4v) is 4.63. The Morgan fingerprint density at radius 1 is 1.00 bits per heavy atom. The minimum absolute atomic E-state index is 0.0413. The van der Waals surface area contributed by atoms with E-state index in [1.165, 1.54) is 11.9 Å². The number of amides is 5. The lowest BCUT2D eigenvalue weighted by Gasteiger charge is -2.34. The van der Waals surface area contributed by atoms with Gasteiger partial charge in [-0.05, 0) is 31.2 Å². The van der Waals surface area contributed by atoms with Crippen LogP contribution in [0.3, 0.4) is 0 Å². The number of aliphatic imine (C=N–C) groups is 1. The number of benzene rings is 1. The number of hydrogen-bond acceptors (Lipinski definition) is 7. The third kappa shape index (κ3) is 10.5. The van der Waals surface area contributed by atoms with Crippen molar-refractivity contribution in [3.63, 3.8) is 0 Å². The molecular weight excluding hydrogens is 546 g/mol. The van der Waals surface area contributed by atoms with Crippen molar-refractivity contribution >= 4 is 41.3 Å². The molecule has 0 radical (unpaired) electrons. The van der Waals surface area contributed by atoms with Crippen molar-refractivity contribution < 1.29 is 33.9 Å². The Kier molecular flexibility index (Phi) is 12.9.